The number of esters is 1. The SMILES string of the molecule is C=C(C)C(=O)OC(CC)C(=O)O[Si](CCCCC)(CCCCC)CCCCC. The van der Waals surface area contributed by atoms with Crippen LogP contribution in [0.2, 0.25) is 18.1 Å². The molecule has 0 aliphatic heterocycles. The molecule has 0 fully saturated rings. The summed E-state index contributed by atoms with van der Waals surface area (Å²) in [5, 5.41) is 0. The van der Waals surface area contributed by atoms with E-state index in [-0.39, 0.29) is 5.97 Å². The highest BCUT2D eigenvalue weighted by Crippen LogP contribution is 2.31. The summed E-state index contributed by atoms with van der Waals surface area (Å²) in [6.07, 6.45) is 9.99. The van der Waals surface area contributed by atoms with Crippen molar-refractivity contribution in [2.45, 2.75) is 123 Å². The first-order valence-corrected chi connectivity index (χ1v) is 14.0. The molecule has 4 nitrogen and oxygen atoms in total. The van der Waals surface area contributed by atoms with Crippen molar-refractivity contribution in [3.8, 4) is 0 Å². The summed E-state index contributed by atoms with van der Waals surface area (Å²) in [7, 11) is -2.19. The highest BCUT2D eigenvalue weighted by Gasteiger charge is 2.39. The van der Waals surface area contributed by atoms with Gasteiger partial charge in [-0.15, -0.1) is 0 Å². The molecule has 1 atom stereocenters. The molecular formula is C23H44O4Si. The largest absolute Gasteiger partial charge is 0.516 e. The maximum absolute atomic E-state index is 13.0. The molecule has 5 heteroatoms. The second kappa shape index (κ2) is 15.8. The number of carbonyl (C=O) groups is 2. The topological polar surface area (TPSA) is 52.6 Å². The molecule has 0 aromatic carbocycles. The lowest BCUT2D eigenvalue weighted by molar-refractivity contribution is -0.160. The van der Waals surface area contributed by atoms with Gasteiger partial charge in [0.05, 0.1) is 0 Å². The molecule has 0 heterocycles. The third kappa shape index (κ3) is 11.0. The van der Waals surface area contributed by atoms with Gasteiger partial charge in [0.25, 0.3) is 8.32 Å². The molecule has 0 N–H and O–H groups in total. The smallest absolute Gasteiger partial charge is 0.334 e. The molecule has 0 rings (SSSR count). The Kier molecular flexibility index (Phi) is 15.2. The van der Waals surface area contributed by atoms with E-state index in [2.05, 4.69) is 27.4 Å². The molecule has 0 saturated heterocycles. The lowest BCUT2D eigenvalue weighted by atomic mass is 10.3. The first-order chi connectivity index (χ1) is 13.4. The lowest BCUT2D eigenvalue weighted by Crippen LogP contribution is -2.44. The van der Waals surface area contributed by atoms with E-state index < -0.39 is 20.4 Å². The fourth-order valence-corrected chi connectivity index (χ4v) is 7.72. The molecule has 0 radical (unpaired) electrons. The van der Waals surface area contributed by atoms with Crippen molar-refractivity contribution in [3.05, 3.63) is 12.2 Å². The minimum Gasteiger partial charge on any atom is -0.516 e. The number of carbonyl (C=O) groups excluding carboxylic acids is 2. The van der Waals surface area contributed by atoms with Crippen LogP contribution in [0.3, 0.4) is 0 Å². The maximum Gasteiger partial charge on any atom is 0.334 e. The minimum atomic E-state index is -2.19. The van der Waals surface area contributed by atoms with E-state index in [0.717, 1.165) is 56.7 Å². The summed E-state index contributed by atoms with van der Waals surface area (Å²) in [5.74, 6) is -0.854. The van der Waals surface area contributed by atoms with Gasteiger partial charge in [-0.2, -0.15) is 0 Å². The van der Waals surface area contributed by atoms with Crippen molar-refractivity contribution in [2.24, 2.45) is 0 Å². The van der Waals surface area contributed by atoms with Gasteiger partial charge < -0.3 is 9.16 Å². The van der Waals surface area contributed by atoms with Gasteiger partial charge in [0.15, 0.2) is 6.10 Å². The fourth-order valence-electron chi connectivity index (χ4n) is 3.43. The Balaban J connectivity index is 5.33. The zero-order valence-electron chi connectivity index (χ0n) is 19.1. The number of rotatable bonds is 17. The molecular weight excluding hydrogens is 368 g/mol. The molecule has 0 aliphatic rings. The summed E-state index contributed by atoms with van der Waals surface area (Å²) < 4.78 is 11.7. The Labute approximate surface area is 174 Å². The Morgan fingerprint density at radius 1 is 0.821 bits per heavy atom. The maximum atomic E-state index is 13.0. The molecule has 0 bridgehead atoms. The molecule has 0 aliphatic carbocycles. The van der Waals surface area contributed by atoms with E-state index in [1.165, 1.54) is 19.3 Å². The van der Waals surface area contributed by atoms with Crippen molar-refractivity contribution in [1.29, 1.82) is 0 Å². The average Bonchev–Trinajstić information content (AvgIpc) is 2.66. The van der Waals surface area contributed by atoms with Crippen LogP contribution >= 0.6 is 0 Å². The van der Waals surface area contributed by atoms with E-state index in [9.17, 15) is 9.59 Å². The van der Waals surface area contributed by atoms with Crippen LogP contribution in [0, 0.1) is 0 Å². The van der Waals surface area contributed by atoms with E-state index in [1.807, 2.05) is 6.92 Å². The zero-order chi connectivity index (χ0) is 21.4. The van der Waals surface area contributed by atoms with Gasteiger partial charge >= 0.3 is 11.9 Å². The quantitative estimate of drug-likeness (QED) is 0.112. The van der Waals surface area contributed by atoms with Gasteiger partial charge in [0.2, 0.25) is 0 Å². The Morgan fingerprint density at radius 2 is 1.25 bits per heavy atom. The van der Waals surface area contributed by atoms with E-state index in [4.69, 9.17) is 9.16 Å². The molecule has 1 unspecified atom stereocenters. The van der Waals surface area contributed by atoms with Gasteiger partial charge in [0, 0.05) is 5.57 Å². The summed E-state index contributed by atoms with van der Waals surface area (Å²) >= 11 is 0. The van der Waals surface area contributed by atoms with Crippen molar-refractivity contribution in [2.75, 3.05) is 0 Å². The molecule has 0 amide bonds. The molecule has 0 aromatic rings. The molecule has 0 saturated carbocycles. The third-order valence-electron chi connectivity index (χ3n) is 5.26. The van der Waals surface area contributed by atoms with Crippen molar-refractivity contribution in [1.82, 2.24) is 0 Å². The summed E-state index contributed by atoms with van der Waals surface area (Å²) in [4.78, 5) is 24.8. The Bertz CT molecular complexity index is 435. The van der Waals surface area contributed by atoms with Crippen LogP contribution in [0.1, 0.15) is 98.8 Å². The van der Waals surface area contributed by atoms with Crippen molar-refractivity contribution < 1.29 is 18.8 Å². The second-order valence-electron chi connectivity index (χ2n) is 8.06. The predicted molar refractivity (Wildman–Crippen MR) is 120 cm³/mol. The van der Waals surface area contributed by atoms with Crippen LogP contribution in [0.4, 0.5) is 0 Å². The van der Waals surface area contributed by atoms with E-state index in [1.54, 1.807) is 6.92 Å². The molecule has 28 heavy (non-hydrogen) atoms. The van der Waals surface area contributed by atoms with E-state index in [0.29, 0.717) is 12.0 Å². The monoisotopic (exact) mass is 412 g/mol. The molecule has 0 aromatic heterocycles. The highest BCUT2D eigenvalue weighted by atomic mass is 28.4. The second-order valence-corrected chi connectivity index (χ2v) is 12.1. The van der Waals surface area contributed by atoms with Gasteiger partial charge in [-0.3, -0.25) is 0 Å². The van der Waals surface area contributed by atoms with Crippen LogP contribution in [0.5, 0.6) is 0 Å². The zero-order valence-corrected chi connectivity index (χ0v) is 20.1. The fraction of sp³-hybridized carbons (Fsp3) is 0.826. The van der Waals surface area contributed by atoms with Crippen LogP contribution in [-0.4, -0.2) is 26.4 Å². The highest BCUT2D eigenvalue weighted by molar-refractivity contribution is 6.75. The Hall–Kier alpha value is -1.10. The number of ether oxygens (including phenoxy) is 1. The standard InChI is InChI=1S/C23H44O4Si/c1-7-11-14-17-28(18-15-12-8-2,19-16-13-9-3)27-23(25)21(10-4)26-22(24)20(5)6/h21H,5,7-19H2,1-4,6H3. The van der Waals surface area contributed by atoms with Crippen molar-refractivity contribution in [3.63, 3.8) is 0 Å². The Morgan fingerprint density at radius 3 is 1.57 bits per heavy atom. The predicted octanol–water partition coefficient (Wildman–Crippen LogP) is 6.94. The number of hydrogen-bond donors (Lipinski definition) is 0. The van der Waals surface area contributed by atoms with Gasteiger partial charge in [-0.1, -0.05) is 92.1 Å². The summed E-state index contributed by atoms with van der Waals surface area (Å²) in [5.41, 5.74) is 0.309. The summed E-state index contributed by atoms with van der Waals surface area (Å²) in [6.45, 7) is 13.7. The van der Waals surface area contributed by atoms with Gasteiger partial charge in [0.1, 0.15) is 0 Å². The van der Waals surface area contributed by atoms with Crippen LogP contribution in [0.25, 0.3) is 0 Å². The summed E-state index contributed by atoms with van der Waals surface area (Å²) in [6, 6.07) is 3.10. The first kappa shape index (κ1) is 26.9. The molecule has 0 spiro atoms. The normalized spacial score (nSPS) is 12.5. The van der Waals surface area contributed by atoms with Crippen LogP contribution in [-0.2, 0) is 18.8 Å². The van der Waals surface area contributed by atoms with Gasteiger partial charge in [-0.25, -0.2) is 9.59 Å². The number of unbranched alkanes of at least 4 members (excludes halogenated alkanes) is 6. The number of hydrogen-bond acceptors (Lipinski definition) is 4. The van der Waals surface area contributed by atoms with Crippen LogP contribution < -0.4 is 0 Å². The van der Waals surface area contributed by atoms with Crippen molar-refractivity contribution >= 4 is 20.3 Å². The molecule has 164 valence electrons. The minimum absolute atomic E-state index is 0.309. The average molecular weight is 413 g/mol. The van der Waals surface area contributed by atoms with Crippen LogP contribution in [0.15, 0.2) is 12.2 Å². The van der Waals surface area contributed by atoms with Gasteiger partial charge in [-0.05, 0) is 31.5 Å². The van der Waals surface area contributed by atoms with E-state index >= 15 is 0 Å². The lowest BCUT2D eigenvalue weighted by Gasteiger charge is -2.33. The first-order valence-electron chi connectivity index (χ1n) is 11.4. The third-order valence-corrected chi connectivity index (χ3v) is 9.68.